The van der Waals surface area contributed by atoms with Gasteiger partial charge in [-0.2, -0.15) is 0 Å². The van der Waals surface area contributed by atoms with Gasteiger partial charge in [-0.25, -0.2) is 0 Å². The molecule has 1 fully saturated rings. The molecular formula is C27H23NO4. The monoisotopic (exact) mass is 425 g/mol. The number of aryl methyl sites for hydroxylation is 2. The van der Waals surface area contributed by atoms with E-state index >= 15 is 0 Å². The number of Topliss-reactive ketones (excluding diaryl/α,β-unsaturated/α-hetero) is 1. The number of amides is 1. The van der Waals surface area contributed by atoms with Crippen molar-refractivity contribution in [1.82, 2.24) is 0 Å². The Hall–Kier alpha value is -3.86. The van der Waals surface area contributed by atoms with Gasteiger partial charge in [0.05, 0.1) is 18.2 Å². The Bertz CT molecular complexity index is 1250. The highest BCUT2D eigenvalue weighted by atomic mass is 16.5. The molecule has 0 bridgehead atoms. The van der Waals surface area contributed by atoms with Crippen LogP contribution in [-0.4, -0.2) is 23.4 Å². The van der Waals surface area contributed by atoms with E-state index in [1.165, 1.54) is 4.90 Å². The maximum atomic E-state index is 13.3. The van der Waals surface area contributed by atoms with Gasteiger partial charge in [-0.3, -0.25) is 14.5 Å². The van der Waals surface area contributed by atoms with E-state index in [2.05, 4.69) is 0 Å². The van der Waals surface area contributed by atoms with Crippen molar-refractivity contribution in [2.75, 3.05) is 11.5 Å². The Morgan fingerprint density at radius 2 is 1.75 bits per heavy atom. The van der Waals surface area contributed by atoms with Crippen LogP contribution >= 0.6 is 0 Å². The molecule has 2 heterocycles. The minimum atomic E-state index is -0.718. The van der Waals surface area contributed by atoms with Gasteiger partial charge in [-0.15, -0.1) is 0 Å². The molecule has 1 atom stereocenters. The minimum absolute atomic E-state index is 0.0983. The van der Waals surface area contributed by atoms with Crippen molar-refractivity contribution in [3.8, 4) is 5.75 Å². The van der Waals surface area contributed by atoms with Crippen molar-refractivity contribution in [3.63, 3.8) is 0 Å². The van der Waals surface area contributed by atoms with E-state index in [0.717, 1.165) is 35.3 Å². The van der Waals surface area contributed by atoms with E-state index < -0.39 is 17.7 Å². The smallest absolute Gasteiger partial charge is 0.300 e. The number of ketones is 1. The lowest BCUT2D eigenvalue weighted by Gasteiger charge is -2.26. The number of rotatable bonds is 3. The molecule has 1 saturated heterocycles. The SMILES string of the molecule is Cc1ccccc1N1C(=O)C(=O)/C(=C(\O)c2ccc3c(c2)CCCO3)C1c1ccccc1. The normalized spacial score (nSPS) is 19.5. The van der Waals surface area contributed by atoms with E-state index in [4.69, 9.17) is 4.74 Å². The zero-order valence-electron chi connectivity index (χ0n) is 17.7. The van der Waals surface area contributed by atoms with Crippen LogP contribution in [0.25, 0.3) is 5.76 Å². The minimum Gasteiger partial charge on any atom is -0.507 e. The van der Waals surface area contributed by atoms with Crippen LogP contribution in [0.2, 0.25) is 0 Å². The van der Waals surface area contributed by atoms with E-state index in [1.54, 1.807) is 6.07 Å². The summed E-state index contributed by atoms with van der Waals surface area (Å²) in [6.45, 7) is 2.58. The Balaban J connectivity index is 1.70. The second-order valence-electron chi connectivity index (χ2n) is 8.14. The third-order valence-corrected chi connectivity index (χ3v) is 6.12. The molecule has 2 aliphatic rings. The van der Waals surface area contributed by atoms with Gasteiger partial charge in [0.1, 0.15) is 11.5 Å². The largest absolute Gasteiger partial charge is 0.507 e. The summed E-state index contributed by atoms with van der Waals surface area (Å²) in [6, 6.07) is 21.5. The number of nitrogens with zero attached hydrogens (tertiary/aromatic N) is 1. The highest BCUT2D eigenvalue weighted by Crippen LogP contribution is 2.43. The number of carbonyl (C=O) groups is 2. The predicted octanol–water partition coefficient (Wildman–Crippen LogP) is 4.95. The summed E-state index contributed by atoms with van der Waals surface area (Å²) >= 11 is 0. The number of hydrogen-bond donors (Lipinski definition) is 1. The molecular weight excluding hydrogens is 402 g/mol. The van der Waals surface area contributed by atoms with Crippen molar-refractivity contribution in [1.29, 1.82) is 0 Å². The maximum absolute atomic E-state index is 13.3. The number of para-hydroxylation sites is 1. The average molecular weight is 425 g/mol. The fraction of sp³-hybridized carbons (Fsp3) is 0.185. The van der Waals surface area contributed by atoms with E-state index in [-0.39, 0.29) is 11.3 Å². The predicted molar refractivity (Wildman–Crippen MR) is 123 cm³/mol. The summed E-state index contributed by atoms with van der Waals surface area (Å²) in [5.41, 5.74) is 3.89. The van der Waals surface area contributed by atoms with Gasteiger partial charge in [0.15, 0.2) is 0 Å². The summed E-state index contributed by atoms with van der Waals surface area (Å²) in [5, 5.41) is 11.3. The molecule has 0 aliphatic carbocycles. The third-order valence-electron chi connectivity index (χ3n) is 6.12. The second kappa shape index (κ2) is 8.00. The van der Waals surface area contributed by atoms with Crippen LogP contribution in [0.15, 0.2) is 78.4 Å². The van der Waals surface area contributed by atoms with E-state index in [0.29, 0.717) is 17.9 Å². The van der Waals surface area contributed by atoms with Gasteiger partial charge in [0, 0.05) is 11.3 Å². The fourth-order valence-electron chi connectivity index (χ4n) is 4.53. The average Bonchev–Trinajstić information content (AvgIpc) is 3.09. The number of hydrogen-bond acceptors (Lipinski definition) is 4. The fourth-order valence-corrected chi connectivity index (χ4v) is 4.53. The summed E-state index contributed by atoms with van der Waals surface area (Å²) in [4.78, 5) is 28.0. The topological polar surface area (TPSA) is 66.8 Å². The summed E-state index contributed by atoms with van der Waals surface area (Å²) < 4.78 is 5.67. The van der Waals surface area contributed by atoms with Crippen LogP contribution in [0.1, 0.15) is 34.7 Å². The summed E-state index contributed by atoms with van der Waals surface area (Å²) in [7, 11) is 0. The Labute approximate surface area is 186 Å². The molecule has 1 unspecified atom stereocenters. The van der Waals surface area contributed by atoms with Crippen molar-refractivity contribution >= 4 is 23.1 Å². The van der Waals surface area contributed by atoms with E-state index in [1.807, 2.05) is 73.7 Å². The molecule has 2 aliphatic heterocycles. The van der Waals surface area contributed by atoms with Crippen molar-refractivity contribution in [2.45, 2.75) is 25.8 Å². The highest BCUT2D eigenvalue weighted by molar-refractivity contribution is 6.51. The quantitative estimate of drug-likeness (QED) is 0.366. The summed E-state index contributed by atoms with van der Waals surface area (Å²) in [6.07, 6.45) is 1.75. The van der Waals surface area contributed by atoms with Crippen LogP contribution < -0.4 is 9.64 Å². The number of anilines is 1. The van der Waals surface area contributed by atoms with Gasteiger partial charge in [0.25, 0.3) is 11.7 Å². The number of benzene rings is 3. The lowest BCUT2D eigenvalue weighted by Crippen LogP contribution is -2.30. The van der Waals surface area contributed by atoms with Crippen molar-refractivity contribution < 1.29 is 19.4 Å². The standard InChI is InChI=1S/C27H23NO4/c1-17-8-5-6-12-21(17)28-24(18-9-3-2-4-10-18)23(26(30)27(28)31)25(29)20-13-14-22-19(16-20)11-7-15-32-22/h2-6,8-10,12-14,16,24,29H,7,11,15H2,1H3/b25-23-. The maximum Gasteiger partial charge on any atom is 0.300 e. The second-order valence-corrected chi connectivity index (χ2v) is 8.14. The van der Waals surface area contributed by atoms with Gasteiger partial charge < -0.3 is 9.84 Å². The van der Waals surface area contributed by atoms with Crippen LogP contribution in [0.5, 0.6) is 5.75 Å². The number of fused-ring (bicyclic) bond motifs is 1. The molecule has 3 aromatic carbocycles. The van der Waals surface area contributed by atoms with Gasteiger partial charge in [-0.05, 0) is 60.7 Å². The first-order valence-electron chi connectivity index (χ1n) is 10.7. The molecule has 1 N–H and O–H groups in total. The van der Waals surface area contributed by atoms with Gasteiger partial charge in [0.2, 0.25) is 0 Å². The Morgan fingerprint density at radius 3 is 2.53 bits per heavy atom. The van der Waals surface area contributed by atoms with Crippen LogP contribution in [0.4, 0.5) is 5.69 Å². The van der Waals surface area contributed by atoms with Crippen LogP contribution in [0.3, 0.4) is 0 Å². The molecule has 5 heteroatoms. The number of carbonyl (C=O) groups excluding carboxylic acids is 2. The van der Waals surface area contributed by atoms with Crippen LogP contribution in [0, 0.1) is 6.92 Å². The lowest BCUT2D eigenvalue weighted by atomic mass is 9.93. The molecule has 160 valence electrons. The Kier molecular flexibility index (Phi) is 5.02. The first-order chi connectivity index (χ1) is 15.6. The van der Waals surface area contributed by atoms with Crippen molar-refractivity contribution in [3.05, 3.63) is 101 Å². The highest BCUT2D eigenvalue weighted by Gasteiger charge is 2.47. The molecule has 5 nitrogen and oxygen atoms in total. The van der Waals surface area contributed by atoms with Crippen LogP contribution in [-0.2, 0) is 16.0 Å². The number of aliphatic hydroxyl groups excluding tert-OH is 1. The number of ether oxygens (including phenoxy) is 1. The Morgan fingerprint density at radius 1 is 1.00 bits per heavy atom. The summed E-state index contributed by atoms with van der Waals surface area (Å²) in [5.74, 6) is -0.695. The zero-order valence-corrected chi connectivity index (χ0v) is 17.7. The van der Waals surface area contributed by atoms with E-state index in [9.17, 15) is 14.7 Å². The molecule has 0 spiro atoms. The number of aliphatic hydroxyl groups is 1. The molecule has 0 saturated carbocycles. The van der Waals surface area contributed by atoms with Gasteiger partial charge >= 0.3 is 0 Å². The molecule has 0 radical (unpaired) electrons. The lowest BCUT2D eigenvalue weighted by molar-refractivity contribution is -0.132. The third kappa shape index (κ3) is 3.26. The molecule has 32 heavy (non-hydrogen) atoms. The molecule has 5 rings (SSSR count). The van der Waals surface area contributed by atoms with Gasteiger partial charge in [-0.1, -0.05) is 48.5 Å². The molecule has 0 aromatic heterocycles. The molecule has 1 amide bonds. The molecule has 3 aromatic rings. The zero-order chi connectivity index (χ0) is 22.2. The first-order valence-corrected chi connectivity index (χ1v) is 10.7. The van der Waals surface area contributed by atoms with Crippen molar-refractivity contribution in [2.24, 2.45) is 0 Å². The first kappa shape index (κ1) is 20.1.